The van der Waals surface area contributed by atoms with E-state index in [0.717, 1.165) is 25.3 Å². The summed E-state index contributed by atoms with van der Waals surface area (Å²) in [7, 11) is 0. The molecule has 2 N–H and O–H groups in total. The van der Waals surface area contributed by atoms with Crippen molar-refractivity contribution >= 4 is 11.8 Å². The Kier molecular flexibility index (Phi) is 4.70. The van der Waals surface area contributed by atoms with E-state index in [1.807, 2.05) is 0 Å². The van der Waals surface area contributed by atoms with Gasteiger partial charge >= 0.3 is 6.18 Å². The minimum Gasteiger partial charge on any atom is -0.381 e. The number of alkyl halides is 3. The quantitative estimate of drug-likeness (QED) is 0.866. The van der Waals surface area contributed by atoms with Crippen LogP contribution in [0.4, 0.5) is 13.2 Å². The maximum absolute atomic E-state index is 12.4. The van der Waals surface area contributed by atoms with Gasteiger partial charge in [0, 0.05) is 30.5 Å². The Bertz CT molecular complexity index is 404. The minimum atomic E-state index is -4.34. The minimum absolute atomic E-state index is 0.0170. The van der Waals surface area contributed by atoms with Gasteiger partial charge in [-0.1, -0.05) is 0 Å². The first-order valence-electron chi connectivity index (χ1n) is 5.96. The molecule has 1 fully saturated rings. The summed E-state index contributed by atoms with van der Waals surface area (Å²) in [4.78, 5) is 3.80. The SMILES string of the molecule is NC(CSc1ccc(C(F)(F)F)cn1)C1CCOC1. The molecule has 19 heavy (non-hydrogen) atoms. The Morgan fingerprint density at radius 2 is 2.26 bits per heavy atom. The molecule has 0 bridgehead atoms. The topological polar surface area (TPSA) is 48.1 Å². The van der Waals surface area contributed by atoms with Crippen LogP contribution in [-0.2, 0) is 10.9 Å². The summed E-state index contributed by atoms with van der Waals surface area (Å²) in [5, 5.41) is 0.558. The fourth-order valence-electron chi connectivity index (χ4n) is 1.84. The van der Waals surface area contributed by atoms with E-state index >= 15 is 0 Å². The summed E-state index contributed by atoms with van der Waals surface area (Å²) in [6.45, 7) is 1.41. The van der Waals surface area contributed by atoms with Gasteiger partial charge in [-0.05, 0) is 18.6 Å². The van der Waals surface area contributed by atoms with E-state index in [4.69, 9.17) is 10.5 Å². The van der Waals surface area contributed by atoms with Crippen LogP contribution in [-0.4, -0.2) is 30.0 Å². The normalized spacial score (nSPS) is 21.6. The smallest absolute Gasteiger partial charge is 0.381 e. The first-order chi connectivity index (χ1) is 8.97. The molecular formula is C12H15F3N2OS. The number of pyridine rings is 1. The van der Waals surface area contributed by atoms with E-state index in [-0.39, 0.29) is 6.04 Å². The van der Waals surface area contributed by atoms with Crippen molar-refractivity contribution < 1.29 is 17.9 Å². The summed E-state index contributed by atoms with van der Waals surface area (Å²) in [6, 6.07) is 2.40. The maximum atomic E-state index is 12.4. The molecule has 0 amide bonds. The largest absolute Gasteiger partial charge is 0.417 e. The van der Waals surface area contributed by atoms with Gasteiger partial charge in [-0.2, -0.15) is 13.2 Å². The lowest BCUT2D eigenvalue weighted by Gasteiger charge is -2.16. The Labute approximate surface area is 113 Å². The van der Waals surface area contributed by atoms with Gasteiger partial charge in [0.2, 0.25) is 0 Å². The predicted octanol–water partition coefficient (Wildman–Crippen LogP) is 2.56. The molecule has 3 nitrogen and oxygen atoms in total. The zero-order chi connectivity index (χ0) is 13.9. The molecule has 7 heteroatoms. The number of hydrogen-bond donors (Lipinski definition) is 1. The van der Waals surface area contributed by atoms with Crippen molar-refractivity contribution in [2.75, 3.05) is 19.0 Å². The molecule has 1 aromatic rings. The third-order valence-electron chi connectivity index (χ3n) is 3.06. The van der Waals surface area contributed by atoms with Crippen molar-refractivity contribution in [1.29, 1.82) is 0 Å². The molecule has 2 atom stereocenters. The zero-order valence-electron chi connectivity index (χ0n) is 10.2. The summed E-state index contributed by atoms with van der Waals surface area (Å²) < 4.78 is 42.3. The van der Waals surface area contributed by atoms with Crippen molar-refractivity contribution in [3.05, 3.63) is 23.9 Å². The predicted molar refractivity (Wildman–Crippen MR) is 66.9 cm³/mol. The van der Waals surface area contributed by atoms with Gasteiger partial charge in [0.25, 0.3) is 0 Å². The van der Waals surface area contributed by atoms with Gasteiger partial charge in [0.15, 0.2) is 0 Å². The maximum Gasteiger partial charge on any atom is 0.417 e. The van der Waals surface area contributed by atoms with E-state index in [0.29, 0.717) is 23.3 Å². The highest BCUT2D eigenvalue weighted by molar-refractivity contribution is 7.99. The fourth-order valence-corrected chi connectivity index (χ4v) is 2.77. The highest BCUT2D eigenvalue weighted by atomic mass is 32.2. The second kappa shape index (κ2) is 6.11. The summed E-state index contributed by atoms with van der Waals surface area (Å²) in [6.07, 6.45) is -2.54. The van der Waals surface area contributed by atoms with Gasteiger partial charge in [-0.15, -0.1) is 11.8 Å². The van der Waals surface area contributed by atoms with E-state index in [9.17, 15) is 13.2 Å². The lowest BCUT2D eigenvalue weighted by molar-refractivity contribution is -0.137. The fraction of sp³-hybridized carbons (Fsp3) is 0.583. The van der Waals surface area contributed by atoms with Crippen LogP contribution in [0.1, 0.15) is 12.0 Å². The molecule has 0 saturated carbocycles. The van der Waals surface area contributed by atoms with Crippen molar-refractivity contribution in [2.24, 2.45) is 11.7 Å². The van der Waals surface area contributed by atoms with Crippen molar-refractivity contribution in [3.63, 3.8) is 0 Å². The van der Waals surface area contributed by atoms with Crippen LogP contribution in [0.15, 0.2) is 23.4 Å². The van der Waals surface area contributed by atoms with Crippen LogP contribution in [0.3, 0.4) is 0 Å². The number of nitrogens with two attached hydrogens (primary N) is 1. The molecular weight excluding hydrogens is 277 g/mol. The number of aromatic nitrogens is 1. The van der Waals surface area contributed by atoms with Crippen LogP contribution in [0, 0.1) is 5.92 Å². The van der Waals surface area contributed by atoms with Crippen LogP contribution in [0.25, 0.3) is 0 Å². The van der Waals surface area contributed by atoms with Crippen molar-refractivity contribution in [1.82, 2.24) is 4.98 Å². The van der Waals surface area contributed by atoms with E-state index < -0.39 is 11.7 Å². The molecule has 1 saturated heterocycles. The first kappa shape index (κ1) is 14.6. The van der Waals surface area contributed by atoms with E-state index in [2.05, 4.69) is 4.98 Å². The lowest BCUT2D eigenvalue weighted by Crippen LogP contribution is -2.32. The van der Waals surface area contributed by atoms with Crippen molar-refractivity contribution in [2.45, 2.75) is 23.7 Å². The first-order valence-corrected chi connectivity index (χ1v) is 6.95. The highest BCUT2D eigenvalue weighted by Gasteiger charge is 2.30. The number of halogens is 3. The highest BCUT2D eigenvalue weighted by Crippen LogP contribution is 2.30. The summed E-state index contributed by atoms with van der Waals surface area (Å²) >= 11 is 1.38. The second-order valence-electron chi connectivity index (χ2n) is 4.48. The van der Waals surface area contributed by atoms with Crippen molar-refractivity contribution in [3.8, 4) is 0 Å². The average Bonchev–Trinajstić information content (AvgIpc) is 2.89. The number of ether oxygens (including phenoxy) is 1. The van der Waals surface area contributed by atoms with Crippen LogP contribution < -0.4 is 5.73 Å². The molecule has 0 spiro atoms. The van der Waals surface area contributed by atoms with Gasteiger partial charge in [-0.25, -0.2) is 4.98 Å². The lowest BCUT2D eigenvalue weighted by atomic mass is 10.0. The van der Waals surface area contributed by atoms with Gasteiger partial charge in [0.05, 0.1) is 17.2 Å². The monoisotopic (exact) mass is 292 g/mol. The van der Waals surface area contributed by atoms with E-state index in [1.54, 1.807) is 0 Å². The van der Waals surface area contributed by atoms with Gasteiger partial charge < -0.3 is 10.5 Å². The molecule has 106 valence electrons. The summed E-state index contributed by atoms with van der Waals surface area (Å²) in [5.41, 5.74) is 5.29. The molecule has 0 aromatic carbocycles. The molecule has 2 unspecified atom stereocenters. The van der Waals surface area contributed by atoms with Crippen LogP contribution >= 0.6 is 11.8 Å². The third kappa shape index (κ3) is 4.09. The van der Waals surface area contributed by atoms with E-state index in [1.165, 1.54) is 17.8 Å². The molecule has 1 aliphatic rings. The Hall–Kier alpha value is -0.790. The number of rotatable bonds is 4. The molecule has 0 radical (unpaired) electrons. The van der Waals surface area contributed by atoms with Crippen LogP contribution in [0.5, 0.6) is 0 Å². The Morgan fingerprint density at radius 1 is 1.47 bits per heavy atom. The summed E-state index contributed by atoms with van der Waals surface area (Å²) in [5.74, 6) is 0.966. The Balaban J connectivity index is 1.86. The molecule has 1 aliphatic heterocycles. The standard InChI is InChI=1S/C12H15F3N2OS/c13-12(14,15)9-1-2-11(17-5-9)19-7-10(16)8-3-4-18-6-8/h1-2,5,8,10H,3-4,6-7,16H2. The molecule has 2 heterocycles. The number of thioether (sulfide) groups is 1. The zero-order valence-corrected chi connectivity index (χ0v) is 11.0. The van der Waals surface area contributed by atoms with Gasteiger partial charge in [-0.3, -0.25) is 0 Å². The average molecular weight is 292 g/mol. The Morgan fingerprint density at radius 3 is 2.79 bits per heavy atom. The van der Waals surface area contributed by atoms with Crippen LogP contribution in [0.2, 0.25) is 0 Å². The third-order valence-corrected chi connectivity index (χ3v) is 4.15. The van der Waals surface area contributed by atoms with Gasteiger partial charge in [0.1, 0.15) is 0 Å². The number of nitrogens with zero attached hydrogens (tertiary/aromatic N) is 1. The molecule has 1 aromatic heterocycles. The number of hydrogen-bond acceptors (Lipinski definition) is 4. The second-order valence-corrected chi connectivity index (χ2v) is 5.52. The molecule has 2 rings (SSSR count). The molecule has 0 aliphatic carbocycles.